The van der Waals surface area contributed by atoms with Crippen LogP contribution in [-0.2, 0) is 0 Å². The maximum atomic E-state index is 12.5. The van der Waals surface area contributed by atoms with E-state index in [1.54, 1.807) is 29.3 Å². The highest BCUT2D eigenvalue weighted by molar-refractivity contribution is 5.95. The molecule has 0 aliphatic heterocycles. The number of hydrogen-bond acceptors (Lipinski definition) is 4. The van der Waals surface area contributed by atoms with Crippen LogP contribution in [0.15, 0.2) is 29.6 Å². The maximum Gasteiger partial charge on any atom is 0.273 e. The van der Waals surface area contributed by atoms with Crippen LogP contribution < -0.4 is 5.73 Å². The lowest BCUT2D eigenvalue weighted by molar-refractivity contribution is 0.0706. The van der Waals surface area contributed by atoms with Crippen molar-refractivity contribution in [1.82, 2.24) is 9.88 Å². The fourth-order valence-electron chi connectivity index (χ4n) is 2.43. The summed E-state index contributed by atoms with van der Waals surface area (Å²) in [6, 6.07) is 5.36. The van der Waals surface area contributed by atoms with Crippen LogP contribution in [0.1, 0.15) is 36.2 Å². The molecule has 6 nitrogen and oxygen atoms in total. The number of carbonyl (C=O) groups excluding carboxylic acids is 1. The molecule has 1 fully saturated rings. The van der Waals surface area contributed by atoms with E-state index in [0.717, 1.165) is 25.7 Å². The van der Waals surface area contributed by atoms with Gasteiger partial charge in [-0.15, -0.1) is 0 Å². The summed E-state index contributed by atoms with van der Waals surface area (Å²) in [5, 5.41) is 11.6. The first-order chi connectivity index (χ1) is 9.22. The molecule has 0 saturated heterocycles. The van der Waals surface area contributed by atoms with E-state index in [1.165, 1.54) is 0 Å². The Balaban J connectivity index is 2.19. The standard InChI is InChI=1S/C13H18N4O2/c14-12(16-19)9-17(10-5-1-2-6-10)13(18)11-7-3-4-8-15-11/h3-4,7-8,10,19H,1-2,5-6,9H2,(H2,14,16). The molecule has 1 heterocycles. The maximum absolute atomic E-state index is 12.5. The van der Waals surface area contributed by atoms with Crippen LogP contribution in [0.25, 0.3) is 0 Å². The molecule has 1 aliphatic rings. The van der Waals surface area contributed by atoms with Crippen LogP contribution in [0.3, 0.4) is 0 Å². The minimum absolute atomic E-state index is 0.0381. The Morgan fingerprint density at radius 2 is 2.21 bits per heavy atom. The van der Waals surface area contributed by atoms with Crippen LogP contribution in [0.4, 0.5) is 0 Å². The predicted octanol–water partition coefficient (Wildman–Crippen LogP) is 1.21. The number of nitrogens with zero attached hydrogens (tertiary/aromatic N) is 3. The fourth-order valence-corrected chi connectivity index (χ4v) is 2.43. The van der Waals surface area contributed by atoms with E-state index in [0.29, 0.717) is 5.69 Å². The van der Waals surface area contributed by atoms with Gasteiger partial charge in [-0.3, -0.25) is 9.78 Å². The van der Waals surface area contributed by atoms with Gasteiger partial charge < -0.3 is 15.8 Å². The van der Waals surface area contributed by atoms with Crippen molar-refractivity contribution in [3.63, 3.8) is 0 Å². The van der Waals surface area contributed by atoms with Crippen molar-refractivity contribution in [1.29, 1.82) is 0 Å². The molecular weight excluding hydrogens is 244 g/mol. The Morgan fingerprint density at radius 1 is 1.47 bits per heavy atom. The number of hydrogen-bond donors (Lipinski definition) is 2. The second kappa shape index (κ2) is 6.17. The molecule has 0 atom stereocenters. The summed E-state index contributed by atoms with van der Waals surface area (Å²) < 4.78 is 0. The number of nitrogens with two attached hydrogens (primary N) is 1. The number of pyridine rings is 1. The monoisotopic (exact) mass is 262 g/mol. The van der Waals surface area contributed by atoms with E-state index in [9.17, 15) is 4.79 Å². The van der Waals surface area contributed by atoms with E-state index in [-0.39, 0.29) is 24.3 Å². The number of oxime groups is 1. The van der Waals surface area contributed by atoms with E-state index in [4.69, 9.17) is 10.9 Å². The van der Waals surface area contributed by atoms with E-state index >= 15 is 0 Å². The first-order valence-electron chi connectivity index (χ1n) is 6.40. The number of rotatable bonds is 4. The highest BCUT2D eigenvalue weighted by Crippen LogP contribution is 2.24. The SMILES string of the molecule is NC(CN(C(=O)c1ccccn1)C1CCCC1)=NO. The third-order valence-corrected chi connectivity index (χ3v) is 3.37. The van der Waals surface area contributed by atoms with Gasteiger partial charge >= 0.3 is 0 Å². The third-order valence-electron chi connectivity index (χ3n) is 3.37. The second-order valence-corrected chi connectivity index (χ2v) is 4.68. The second-order valence-electron chi connectivity index (χ2n) is 4.68. The Hall–Kier alpha value is -2.11. The summed E-state index contributed by atoms with van der Waals surface area (Å²) in [6.45, 7) is 0.135. The third kappa shape index (κ3) is 3.21. The molecule has 3 N–H and O–H groups in total. The van der Waals surface area contributed by atoms with Crippen molar-refractivity contribution in [2.24, 2.45) is 10.9 Å². The smallest absolute Gasteiger partial charge is 0.273 e. The van der Waals surface area contributed by atoms with Crippen LogP contribution >= 0.6 is 0 Å². The van der Waals surface area contributed by atoms with Gasteiger partial charge in [-0.05, 0) is 25.0 Å². The zero-order valence-corrected chi connectivity index (χ0v) is 10.7. The summed E-state index contributed by atoms with van der Waals surface area (Å²) in [5.74, 6) is -0.129. The highest BCUT2D eigenvalue weighted by Gasteiger charge is 2.28. The van der Waals surface area contributed by atoms with Gasteiger partial charge in [0.15, 0.2) is 5.84 Å². The van der Waals surface area contributed by atoms with Crippen molar-refractivity contribution in [3.05, 3.63) is 30.1 Å². The van der Waals surface area contributed by atoms with Crippen molar-refractivity contribution < 1.29 is 10.0 Å². The predicted molar refractivity (Wildman–Crippen MR) is 70.9 cm³/mol. The Labute approximate surface area is 111 Å². The molecule has 0 radical (unpaired) electrons. The van der Waals surface area contributed by atoms with Gasteiger partial charge in [0, 0.05) is 12.2 Å². The molecule has 0 spiro atoms. The molecule has 6 heteroatoms. The zero-order chi connectivity index (χ0) is 13.7. The molecule has 19 heavy (non-hydrogen) atoms. The van der Waals surface area contributed by atoms with Gasteiger partial charge in [-0.1, -0.05) is 24.1 Å². The molecule has 1 aliphatic carbocycles. The number of amides is 1. The van der Waals surface area contributed by atoms with E-state index in [2.05, 4.69) is 10.1 Å². The van der Waals surface area contributed by atoms with Crippen molar-refractivity contribution >= 4 is 11.7 Å². The molecule has 0 bridgehead atoms. The quantitative estimate of drug-likeness (QED) is 0.369. The lowest BCUT2D eigenvalue weighted by Crippen LogP contribution is -2.44. The van der Waals surface area contributed by atoms with Crippen LogP contribution in [0, 0.1) is 0 Å². The summed E-state index contributed by atoms with van der Waals surface area (Å²) in [4.78, 5) is 18.2. The van der Waals surface area contributed by atoms with Gasteiger partial charge in [0.25, 0.3) is 5.91 Å². The van der Waals surface area contributed by atoms with Crippen LogP contribution in [0.5, 0.6) is 0 Å². The minimum Gasteiger partial charge on any atom is -0.409 e. The molecule has 1 amide bonds. The Morgan fingerprint density at radius 3 is 2.79 bits per heavy atom. The fraction of sp³-hybridized carbons (Fsp3) is 0.462. The van der Waals surface area contributed by atoms with Crippen molar-refractivity contribution in [3.8, 4) is 0 Å². The summed E-state index contributed by atoms with van der Waals surface area (Å²) in [6.07, 6.45) is 5.71. The zero-order valence-electron chi connectivity index (χ0n) is 10.7. The molecule has 1 aromatic heterocycles. The molecule has 1 aromatic rings. The largest absolute Gasteiger partial charge is 0.409 e. The number of amidine groups is 1. The molecular formula is C13H18N4O2. The van der Waals surface area contributed by atoms with Gasteiger partial charge in [0.2, 0.25) is 0 Å². The van der Waals surface area contributed by atoms with Crippen LogP contribution in [0.2, 0.25) is 0 Å². The van der Waals surface area contributed by atoms with Crippen molar-refractivity contribution in [2.45, 2.75) is 31.7 Å². The molecule has 0 unspecified atom stereocenters. The summed E-state index contributed by atoms with van der Waals surface area (Å²) in [5.41, 5.74) is 5.93. The Kier molecular flexibility index (Phi) is 4.33. The van der Waals surface area contributed by atoms with Crippen molar-refractivity contribution in [2.75, 3.05) is 6.54 Å². The average Bonchev–Trinajstić information content (AvgIpc) is 2.98. The molecule has 102 valence electrons. The molecule has 0 aromatic carbocycles. The van der Waals surface area contributed by atoms with Gasteiger partial charge in [0.05, 0.1) is 6.54 Å². The first-order valence-corrected chi connectivity index (χ1v) is 6.40. The molecule has 2 rings (SSSR count). The first kappa shape index (κ1) is 13.3. The van der Waals surface area contributed by atoms with Gasteiger partial charge in [-0.2, -0.15) is 0 Å². The molecule has 1 saturated carbocycles. The topological polar surface area (TPSA) is 91.8 Å². The highest BCUT2D eigenvalue weighted by atomic mass is 16.4. The van der Waals surface area contributed by atoms with Gasteiger partial charge in [-0.25, -0.2) is 0 Å². The summed E-state index contributed by atoms with van der Waals surface area (Å²) in [7, 11) is 0. The van der Waals surface area contributed by atoms with Crippen LogP contribution in [-0.4, -0.2) is 39.4 Å². The Bertz CT molecular complexity index is 455. The minimum atomic E-state index is -0.167. The number of aromatic nitrogens is 1. The lowest BCUT2D eigenvalue weighted by atomic mass is 10.2. The number of carbonyl (C=O) groups is 1. The lowest BCUT2D eigenvalue weighted by Gasteiger charge is -2.28. The van der Waals surface area contributed by atoms with E-state index in [1.807, 2.05) is 0 Å². The summed E-state index contributed by atoms with van der Waals surface area (Å²) >= 11 is 0. The average molecular weight is 262 g/mol. The van der Waals surface area contributed by atoms with Gasteiger partial charge in [0.1, 0.15) is 5.69 Å². The normalized spacial score (nSPS) is 16.5. The van der Waals surface area contributed by atoms with E-state index < -0.39 is 0 Å².